The van der Waals surface area contributed by atoms with Crippen molar-refractivity contribution >= 4 is 32.9 Å². The molecule has 1 aromatic heterocycles. The minimum atomic E-state index is -0.688. The van der Waals surface area contributed by atoms with Gasteiger partial charge in [-0.3, -0.25) is 0 Å². The maximum atomic E-state index is 14.0. The van der Waals surface area contributed by atoms with E-state index in [1.807, 2.05) is 0 Å². The number of carbonyl (C=O) groups excluding carboxylic acids is 1. The molecule has 0 saturated carbocycles. The zero-order valence-electron chi connectivity index (χ0n) is 11.1. The molecule has 102 valence electrons. The van der Waals surface area contributed by atoms with E-state index in [4.69, 9.17) is 4.74 Å². The first-order valence-electron chi connectivity index (χ1n) is 5.77. The number of fused-ring (bicyclic) bond motifs is 1. The Bertz CT molecular complexity index is 659. The summed E-state index contributed by atoms with van der Waals surface area (Å²) in [5, 5.41) is 4.64. The van der Waals surface area contributed by atoms with Crippen LogP contribution in [-0.2, 0) is 4.74 Å². The van der Waals surface area contributed by atoms with Gasteiger partial charge in [-0.05, 0) is 39.8 Å². The van der Waals surface area contributed by atoms with Crippen molar-refractivity contribution in [3.63, 3.8) is 0 Å². The summed E-state index contributed by atoms with van der Waals surface area (Å²) < 4.78 is 20.8. The van der Waals surface area contributed by atoms with E-state index in [2.05, 4.69) is 21.0 Å². The van der Waals surface area contributed by atoms with Crippen molar-refractivity contribution in [2.45, 2.75) is 33.3 Å². The van der Waals surface area contributed by atoms with Crippen LogP contribution in [-0.4, -0.2) is 21.5 Å². The van der Waals surface area contributed by atoms with E-state index in [0.717, 1.165) is 4.68 Å². The fourth-order valence-electron chi connectivity index (χ4n) is 1.75. The molecule has 0 radical (unpaired) electrons. The van der Waals surface area contributed by atoms with Crippen LogP contribution in [0.2, 0.25) is 0 Å². The summed E-state index contributed by atoms with van der Waals surface area (Å²) in [6.45, 7) is 6.96. The van der Waals surface area contributed by atoms with Crippen molar-refractivity contribution in [1.29, 1.82) is 0 Å². The first kappa shape index (κ1) is 14.0. The summed E-state index contributed by atoms with van der Waals surface area (Å²) in [6.07, 6.45) is -0.688. The molecule has 2 rings (SSSR count). The van der Waals surface area contributed by atoms with Gasteiger partial charge in [-0.1, -0.05) is 15.9 Å². The van der Waals surface area contributed by atoms with E-state index >= 15 is 0 Å². The number of carbonyl (C=O) groups is 1. The Hall–Kier alpha value is -1.43. The smallest absolute Gasteiger partial charge is 0.435 e. The van der Waals surface area contributed by atoms with E-state index in [9.17, 15) is 9.18 Å². The summed E-state index contributed by atoms with van der Waals surface area (Å²) in [6, 6.07) is 3.02. The highest BCUT2D eigenvalue weighted by atomic mass is 79.9. The Labute approximate surface area is 118 Å². The minimum absolute atomic E-state index is 0.134. The minimum Gasteiger partial charge on any atom is -0.442 e. The molecule has 0 aliphatic heterocycles. The summed E-state index contributed by atoms with van der Waals surface area (Å²) in [7, 11) is 0. The Kier molecular flexibility index (Phi) is 3.38. The largest absolute Gasteiger partial charge is 0.442 e. The zero-order chi connectivity index (χ0) is 14.4. The molecule has 0 bridgehead atoms. The summed E-state index contributed by atoms with van der Waals surface area (Å²) >= 11 is 3.22. The fraction of sp³-hybridized carbons (Fsp3) is 0.385. The number of aromatic nitrogens is 2. The molecule has 4 nitrogen and oxygen atoms in total. The molecule has 0 aliphatic carbocycles. The second-order valence-corrected chi connectivity index (χ2v) is 6.18. The number of hydrogen-bond donors (Lipinski definition) is 0. The van der Waals surface area contributed by atoms with E-state index < -0.39 is 17.5 Å². The molecule has 0 amide bonds. The average molecular weight is 329 g/mol. The highest BCUT2D eigenvalue weighted by Gasteiger charge is 2.23. The van der Waals surface area contributed by atoms with Crippen molar-refractivity contribution in [3.05, 3.63) is 28.1 Å². The fourth-order valence-corrected chi connectivity index (χ4v) is 2.18. The molecule has 0 aliphatic rings. The van der Waals surface area contributed by atoms with Crippen LogP contribution in [0.4, 0.5) is 9.18 Å². The van der Waals surface area contributed by atoms with Gasteiger partial charge in [0.25, 0.3) is 0 Å². The highest BCUT2D eigenvalue weighted by molar-refractivity contribution is 9.10. The summed E-state index contributed by atoms with van der Waals surface area (Å²) in [5.74, 6) is -0.518. The lowest BCUT2D eigenvalue weighted by Gasteiger charge is -2.19. The molecule has 0 atom stereocenters. The third-order valence-electron chi connectivity index (χ3n) is 2.45. The molecule has 19 heavy (non-hydrogen) atoms. The lowest BCUT2D eigenvalue weighted by molar-refractivity contribution is 0.0521. The van der Waals surface area contributed by atoms with Gasteiger partial charge in [0, 0.05) is 9.86 Å². The van der Waals surface area contributed by atoms with Gasteiger partial charge in [0.05, 0.1) is 5.69 Å². The van der Waals surface area contributed by atoms with Crippen molar-refractivity contribution < 1.29 is 13.9 Å². The van der Waals surface area contributed by atoms with E-state index in [1.54, 1.807) is 33.8 Å². The van der Waals surface area contributed by atoms with E-state index in [1.165, 1.54) is 6.07 Å². The van der Waals surface area contributed by atoms with Gasteiger partial charge in [0.2, 0.25) is 0 Å². The van der Waals surface area contributed by atoms with Gasteiger partial charge in [0.15, 0.2) is 5.82 Å². The van der Waals surface area contributed by atoms with Crippen LogP contribution in [0.3, 0.4) is 0 Å². The van der Waals surface area contributed by atoms with Crippen LogP contribution in [0.5, 0.6) is 0 Å². The monoisotopic (exact) mass is 328 g/mol. The normalized spacial score (nSPS) is 11.9. The van der Waals surface area contributed by atoms with E-state index in [-0.39, 0.29) is 5.52 Å². The SMILES string of the molecule is Cc1nn(C(=O)OC(C)(C)C)c2c(F)cc(Br)cc12. The van der Waals surface area contributed by atoms with Gasteiger partial charge < -0.3 is 4.74 Å². The van der Waals surface area contributed by atoms with Gasteiger partial charge in [-0.15, -0.1) is 0 Å². The number of ether oxygens (including phenoxy) is 1. The second-order valence-electron chi connectivity index (χ2n) is 5.26. The van der Waals surface area contributed by atoms with E-state index in [0.29, 0.717) is 15.6 Å². The van der Waals surface area contributed by atoms with Gasteiger partial charge >= 0.3 is 6.09 Å². The van der Waals surface area contributed by atoms with Crippen LogP contribution in [0.25, 0.3) is 10.9 Å². The Morgan fingerprint density at radius 1 is 1.42 bits per heavy atom. The van der Waals surface area contributed by atoms with Crippen LogP contribution >= 0.6 is 15.9 Å². The summed E-state index contributed by atoms with van der Waals surface area (Å²) in [5.41, 5.74) is 0.0470. The quantitative estimate of drug-likeness (QED) is 0.733. The number of aryl methyl sites for hydroxylation is 1. The molecule has 0 fully saturated rings. The topological polar surface area (TPSA) is 44.1 Å². The Balaban J connectivity index is 2.59. The second kappa shape index (κ2) is 4.59. The highest BCUT2D eigenvalue weighted by Crippen LogP contribution is 2.26. The molecule has 1 heterocycles. The molecule has 0 N–H and O–H groups in total. The van der Waals surface area contributed by atoms with Gasteiger partial charge in [-0.25, -0.2) is 9.18 Å². The first-order valence-corrected chi connectivity index (χ1v) is 6.56. The van der Waals surface area contributed by atoms with Crippen LogP contribution < -0.4 is 0 Å². The lowest BCUT2D eigenvalue weighted by Crippen LogP contribution is -2.28. The van der Waals surface area contributed by atoms with Crippen LogP contribution in [0.15, 0.2) is 16.6 Å². The number of hydrogen-bond acceptors (Lipinski definition) is 3. The number of rotatable bonds is 0. The average Bonchev–Trinajstić information content (AvgIpc) is 2.54. The first-order chi connectivity index (χ1) is 8.69. The van der Waals surface area contributed by atoms with Crippen molar-refractivity contribution in [2.75, 3.05) is 0 Å². The molecule has 0 unspecified atom stereocenters. The third-order valence-corrected chi connectivity index (χ3v) is 2.90. The predicted molar refractivity (Wildman–Crippen MR) is 73.8 cm³/mol. The maximum absolute atomic E-state index is 14.0. The molecule has 0 spiro atoms. The predicted octanol–water partition coefficient (Wildman–Crippen LogP) is 4.03. The standard InChI is InChI=1S/C13H14BrFN2O2/c1-7-9-5-8(14)6-10(15)11(9)17(16-7)12(18)19-13(2,3)4/h5-6H,1-4H3. The maximum Gasteiger partial charge on any atom is 0.435 e. The van der Waals surface area contributed by atoms with Crippen molar-refractivity contribution in [2.24, 2.45) is 0 Å². The van der Waals surface area contributed by atoms with Crippen LogP contribution in [0.1, 0.15) is 26.5 Å². The molecule has 6 heteroatoms. The number of benzene rings is 1. The van der Waals surface area contributed by atoms with Crippen LogP contribution in [0, 0.1) is 12.7 Å². The summed E-state index contributed by atoms with van der Waals surface area (Å²) in [4.78, 5) is 12.0. The lowest BCUT2D eigenvalue weighted by atomic mass is 10.2. The molecule has 0 saturated heterocycles. The zero-order valence-corrected chi connectivity index (χ0v) is 12.7. The van der Waals surface area contributed by atoms with Gasteiger partial charge in [0.1, 0.15) is 11.1 Å². The molecular weight excluding hydrogens is 315 g/mol. The molecule has 2 aromatic rings. The Morgan fingerprint density at radius 2 is 2.05 bits per heavy atom. The van der Waals surface area contributed by atoms with Gasteiger partial charge in [-0.2, -0.15) is 9.78 Å². The van der Waals surface area contributed by atoms with Crippen molar-refractivity contribution in [3.8, 4) is 0 Å². The number of halogens is 2. The molecule has 1 aromatic carbocycles. The molecular formula is C13H14BrFN2O2. The third kappa shape index (κ3) is 2.78. The number of nitrogens with zero attached hydrogens (tertiary/aromatic N) is 2. The van der Waals surface area contributed by atoms with Crippen molar-refractivity contribution in [1.82, 2.24) is 9.78 Å². The Morgan fingerprint density at radius 3 is 2.63 bits per heavy atom.